The molecule has 0 amide bonds. The van der Waals surface area contributed by atoms with Crippen molar-refractivity contribution in [3.8, 4) is 0 Å². The lowest BCUT2D eigenvalue weighted by Gasteiger charge is -2.34. The molecule has 1 aliphatic rings. The van der Waals surface area contributed by atoms with Crippen LogP contribution in [0.3, 0.4) is 0 Å². The summed E-state index contributed by atoms with van der Waals surface area (Å²) >= 11 is 1.66. The molecule has 1 aromatic heterocycles. The Morgan fingerprint density at radius 3 is 2.71 bits per heavy atom. The van der Waals surface area contributed by atoms with Crippen LogP contribution in [0.1, 0.15) is 19.4 Å². The standard InChI is InChI=1S/C13H22N4O2S2/c1-3-21(18,19)12-9-20-5-4-17(12)13-15-7-11(8-16-13)6-10(2)14/h7-8,10,12H,3-6,9,14H2,1-2H3. The number of hydrogen-bond acceptors (Lipinski definition) is 7. The van der Waals surface area contributed by atoms with Gasteiger partial charge < -0.3 is 10.6 Å². The van der Waals surface area contributed by atoms with Crippen molar-refractivity contribution in [2.75, 3.05) is 28.7 Å². The number of thioether (sulfide) groups is 1. The molecule has 21 heavy (non-hydrogen) atoms. The quantitative estimate of drug-likeness (QED) is 0.849. The molecule has 1 aliphatic heterocycles. The van der Waals surface area contributed by atoms with Gasteiger partial charge in [0.1, 0.15) is 5.37 Å². The van der Waals surface area contributed by atoms with Gasteiger partial charge in [0, 0.05) is 42.2 Å². The molecule has 2 heterocycles. The fraction of sp³-hybridized carbons (Fsp3) is 0.692. The van der Waals surface area contributed by atoms with Gasteiger partial charge in [0.05, 0.1) is 0 Å². The molecule has 118 valence electrons. The van der Waals surface area contributed by atoms with E-state index in [4.69, 9.17) is 5.73 Å². The van der Waals surface area contributed by atoms with Crippen molar-refractivity contribution in [3.63, 3.8) is 0 Å². The van der Waals surface area contributed by atoms with E-state index in [2.05, 4.69) is 9.97 Å². The van der Waals surface area contributed by atoms with Crippen LogP contribution in [0, 0.1) is 0 Å². The Labute approximate surface area is 130 Å². The minimum Gasteiger partial charge on any atom is -0.328 e. The van der Waals surface area contributed by atoms with Gasteiger partial charge in [-0.05, 0) is 18.9 Å². The van der Waals surface area contributed by atoms with Crippen LogP contribution in [-0.2, 0) is 16.3 Å². The number of anilines is 1. The molecular weight excluding hydrogens is 308 g/mol. The molecule has 1 aromatic rings. The van der Waals surface area contributed by atoms with Crippen LogP contribution in [0.5, 0.6) is 0 Å². The molecular formula is C13H22N4O2S2. The number of nitrogens with two attached hydrogens (primary N) is 1. The monoisotopic (exact) mass is 330 g/mol. The fourth-order valence-corrected chi connectivity index (χ4v) is 5.24. The van der Waals surface area contributed by atoms with Crippen LogP contribution in [-0.4, -0.2) is 53.6 Å². The average molecular weight is 330 g/mol. The topological polar surface area (TPSA) is 89.2 Å². The molecule has 0 spiro atoms. The zero-order valence-electron chi connectivity index (χ0n) is 12.4. The van der Waals surface area contributed by atoms with Crippen LogP contribution < -0.4 is 10.6 Å². The molecule has 0 radical (unpaired) electrons. The van der Waals surface area contributed by atoms with E-state index in [1.807, 2.05) is 11.8 Å². The number of rotatable bonds is 5. The van der Waals surface area contributed by atoms with Crippen molar-refractivity contribution in [3.05, 3.63) is 18.0 Å². The lowest BCUT2D eigenvalue weighted by atomic mass is 10.1. The summed E-state index contributed by atoms with van der Waals surface area (Å²) in [6.07, 6.45) is 4.19. The molecule has 2 atom stereocenters. The number of aromatic nitrogens is 2. The van der Waals surface area contributed by atoms with E-state index in [1.54, 1.807) is 31.1 Å². The first kappa shape index (κ1) is 16.5. The second-order valence-corrected chi connectivity index (χ2v) is 8.84. The van der Waals surface area contributed by atoms with Gasteiger partial charge in [0.2, 0.25) is 5.95 Å². The average Bonchev–Trinajstić information content (AvgIpc) is 2.47. The van der Waals surface area contributed by atoms with Crippen molar-refractivity contribution in [2.45, 2.75) is 31.7 Å². The third-order valence-corrected chi connectivity index (χ3v) is 6.70. The highest BCUT2D eigenvalue weighted by Gasteiger charge is 2.34. The smallest absolute Gasteiger partial charge is 0.226 e. The van der Waals surface area contributed by atoms with E-state index in [0.717, 1.165) is 11.3 Å². The molecule has 8 heteroatoms. The van der Waals surface area contributed by atoms with Crippen LogP contribution in [0.15, 0.2) is 12.4 Å². The van der Waals surface area contributed by atoms with Crippen LogP contribution in [0.2, 0.25) is 0 Å². The van der Waals surface area contributed by atoms with E-state index < -0.39 is 15.2 Å². The molecule has 2 rings (SSSR count). The van der Waals surface area contributed by atoms with E-state index >= 15 is 0 Å². The number of sulfone groups is 1. The Kier molecular flexibility index (Phi) is 5.45. The second-order valence-electron chi connectivity index (χ2n) is 5.25. The van der Waals surface area contributed by atoms with Crippen molar-refractivity contribution >= 4 is 27.5 Å². The first-order chi connectivity index (χ1) is 9.94. The van der Waals surface area contributed by atoms with Gasteiger partial charge in [-0.1, -0.05) is 6.92 Å². The minimum atomic E-state index is -3.14. The minimum absolute atomic E-state index is 0.0547. The van der Waals surface area contributed by atoms with Crippen LogP contribution in [0.25, 0.3) is 0 Å². The molecule has 0 aromatic carbocycles. The van der Waals surface area contributed by atoms with Crippen LogP contribution in [0.4, 0.5) is 5.95 Å². The lowest BCUT2D eigenvalue weighted by molar-refractivity contribution is 0.577. The molecule has 1 fully saturated rings. The van der Waals surface area contributed by atoms with E-state index in [9.17, 15) is 8.42 Å². The summed E-state index contributed by atoms with van der Waals surface area (Å²) < 4.78 is 24.4. The van der Waals surface area contributed by atoms with Crippen LogP contribution >= 0.6 is 11.8 Å². The summed E-state index contributed by atoms with van der Waals surface area (Å²) in [4.78, 5) is 10.5. The van der Waals surface area contributed by atoms with Crippen molar-refractivity contribution in [2.24, 2.45) is 5.73 Å². The van der Waals surface area contributed by atoms with Crippen molar-refractivity contribution in [1.29, 1.82) is 0 Å². The summed E-state index contributed by atoms with van der Waals surface area (Å²) in [5.74, 6) is 2.09. The first-order valence-electron chi connectivity index (χ1n) is 7.06. The SMILES string of the molecule is CCS(=O)(=O)C1CSCCN1c1ncc(CC(C)N)cn1. The lowest BCUT2D eigenvalue weighted by Crippen LogP contribution is -2.48. The van der Waals surface area contributed by atoms with Gasteiger partial charge in [-0.25, -0.2) is 18.4 Å². The largest absolute Gasteiger partial charge is 0.328 e. The molecule has 0 bridgehead atoms. The Balaban J connectivity index is 2.21. The van der Waals surface area contributed by atoms with Gasteiger partial charge in [0.15, 0.2) is 9.84 Å². The summed E-state index contributed by atoms with van der Waals surface area (Å²) in [6.45, 7) is 4.26. The molecule has 2 N–H and O–H groups in total. The predicted octanol–water partition coefficient (Wildman–Crippen LogP) is 0.680. The normalized spacial score (nSPS) is 21.3. The van der Waals surface area contributed by atoms with E-state index in [1.165, 1.54) is 0 Å². The fourth-order valence-electron chi connectivity index (χ4n) is 2.27. The molecule has 2 unspecified atom stereocenters. The Hall–Kier alpha value is -0.860. The highest BCUT2D eigenvalue weighted by Crippen LogP contribution is 2.24. The molecule has 0 saturated carbocycles. The molecule has 1 saturated heterocycles. The third kappa shape index (κ3) is 4.08. The Bertz CT molecular complexity index is 560. The van der Waals surface area contributed by atoms with Crippen molar-refractivity contribution < 1.29 is 8.42 Å². The van der Waals surface area contributed by atoms with Crippen molar-refractivity contribution in [1.82, 2.24) is 9.97 Å². The number of hydrogen-bond donors (Lipinski definition) is 1. The zero-order chi connectivity index (χ0) is 15.5. The highest BCUT2D eigenvalue weighted by molar-refractivity contribution is 8.01. The van der Waals surface area contributed by atoms with E-state index in [-0.39, 0.29) is 11.8 Å². The van der Waals surface area contributed by atoms with Gasteiger partial charge >= 0.3 is 0 Å². The maximum atomic E-state index is 12.2. The summed E-state index contributed by atoms with van der Waals surface area (Å²) in [7, 11) is -3.14. The summed E-state index contributed by atoms with van der Waals surface area (Å²) in [5.41, 5.74) is 6.72. The Morgan fingerprint density at radius 1 is 1.48 bits per heavy atom. The molecule has 0 aliphatic carbocycles. The highest BCUT2D eigenvalue weighted by atomic mass is 32.2. The van der Waals surface area contributed by atoms with Gasteiger partial charge in [-0.15, -0.1) is 0 Å². The third-order valence-electron chi connectivity index (χ3n) is 3.41. The van der Waals surface area contributed by atoms with E-state index in [0.29, 0.717) is 24.7 Å². The van der Waals surface area contributed by atoms with Gasteiger partial charge in [0.25, 0.3) is 0 Å². The summed E-state index contributed by atoms with van der Waals surface area (Å²) in [6, 6.07) is 0.0547. The second kappa shape index (κ2) is 6.93. The zero-order valence-corrected chi connectivity index (χ0v) is 14.0. The maximum absolute atomic E-state index is 12.2. The number of nitrogens with zero attached hydrogens (tertiary/aromatic N) is 3. The first-order valence-corrected chi connectivity index (χ1v) is 9.93. The maximum Gasteiger partial charge on any atom is 0.226 e. The van der Waals surface area contributed by atoms with Gasteiger partial charge in [-0.3, -0.25) is 0 Å². The summed E-state index contributed by atoms with van der Waals surface area (Å²) in [5, 5.41) is -0.527. The Morgan fingerprint density at radius 2 is 2.14 bits per heavy atom. The van der Waals surface area contributed by atoms with Gasteiger partial charge in [-0.2, -0.15) is 11.8 Å². The molecule has 6 nitrogen and oxygen atoms in total. The predicted molar refractivity (Wildman–Crippen MR) is 87.3 cm³/mol.